The van der Waals surface area contributed by atoms with Gasteiger partial charge in [0.15, 0.2) is 0 Å². The summed E-state index contributed by atoms with van der Waals surface area (Å²) in [5.41, 5.74) is 3.56. The minimum atomic E-state index is -1.16. The second-order valence-corrected chi connectivity index (χ2v) is 5.68. The van der Waals surface area contributed by atoms with E-state index in [1.165, 1.54) is 23.4 Å². The molecular formula is C19H16O4. The Labute approximate surface area is 133 Å². The van der Waals surface area contributed by atoms with Gasteiger partial charge in [-0.15, -0.1) is 0 Å². The summed E-state index contributed by atoms with van der Waals surface area (Å²) in [6, 6.07) is 9.99. The lowest BCUT2D eigenvalue weighted by Gasteiger charge is -2.08. The largest absolute Gasteiger partial charge is 0.478 e. The van der Waals surface area contributed by atoms with Crippen LogP contribution in [0.3, 0.4) is 0 Å². The standard InChI is InChI=1S/C19H16O4/c1-11(9-17(20)21)16(19(22)23)10-14-8-7-13-6-5-12-3-2-4-15(14)18(12)13/h2-4,7-10H,5-6H2,1H3,(H,20,21)(H,22,23)/b11-9+,16-10-. The molecular weight excluding hydrogens is 292 g/mol. The van der Waals surface area contributed by atoms with Gasteiger partial charge >= 0.3 is 11.9 Å². The fourth-order valence-corrected chi connectivity index (χ4v) is 3.16. The van der Waals surface area contributed by atoms with Gasteiger partial charge in [-0.2, -0.15) is 0 Å². The Kier molecular flexibility index (Phi) is 3.74. The van der Waals surface area contributed by atoms with E-state index in [0.29, 0.717) is 0 Å². The Balaban J connectivity index is 2.20. The highest BCUT2D eigenvalue weighted by Crippen LogP contribution is 2.34. The lowest BCUT2D eigenvalue weighted by molar-refractivity contribution is -0.132. The summed E-state index contributed by atoms with van der Waals surface area (Å²) in [5, 5.41) is 20.5. The summed E-state index contributed by atoms with van der Waals surface area (Å²) in [4.78, 5) is 22.3. The van der Waals surface area contributed by atoms with Gasteiger partial charge in [-0.05, 0) is 58.9 Å². The van der Waals surface area contributed by atoms with E-state index in [-0.39, 0.29) is 11.1 Å². The van der Waals surface area contributed by atoms with E-state index in [2.05, 4.69) is 6.07 Å². The molecule has 0 heterocycles. The molecule has 0 aliphatic heterocycles. The third-order valence-electron chi connectivity index (χ3n) is 4.21. The average Bonchev–Trinajstić information content (AvgIpc) is 2.90. The van der Waals surface area contributed by atoms with E-state index in [9.17, 15) is 14.7 Å². The summed E-state index contributed by atoms with van der Waals surface area (Å²) >= 11 is 0. The second-order valence-electron chi connectivity index (χ2n) is 5.68. The van der Waals surface area contributed by atoms with Crippen molar-refractivity contribution in [1.29, 1.82) is 0 Å². The molecule has 0 atom stereocenters. The van der Waals surface area contributed by atoms with Crippen LogP contribution in [-0.4, -0.2) is 22.2 Å². The molecule has 0 fully saturated rings. The van der Waals surface area contributed by atoms with Gasteiger partial charge in [0.25, 0.3) is 0 Å². The van der Waals surface area contributed by atoms with Gasteiger partial charge in [-0.25, -0.2) is 9.59 Å². The van der Waals surface area contributed by atoms with Crippen molar-refractivity contribution in [3.8, 4) is 0 Å². The summed E-state index contributed by atoms with van der Waals surface area (Å²) in [7, 11) is 0. The SMILES string of the molecule is CC(=C\C(=O)O)/C(=C/c1ccc2c3c(cccc13)CC2)C(=O)O. The molecule has 1 aliphatic carbocycles. The number of hydrogen-bond acceptors (Lipinski definition) is 2. The molecule has 0 bridgehead atoms. The summed E-state index contributed by atoms with van der Waals surface area (Å²) in [6.07, 6.45) is 4.48. The number of carbonyl (C=O) groups is 2. The predicted octanol–water partition coefficient (Wildman–Crippen LogP) is 3.44. The summed E-state index contributed by atoms with van der Waals surface area (Å²) in [6.45, 7) is 1.49. The molecule has 0 radical (unpaired) electrons. The van der Waals surface area contributed by atoms with Crippen LogP contribution in [0.5, 0.6) is 0 Å². The number of rotatable bonds is 4. The Morgan fingerprint density at radius 3 is 2.39 bits per heavy atom. The van der Waals surface area contributed by atoms with Crippen LogP contribution in [0.15, 0.2) is 47.6 Å². The monoisotopic (exact) mass is 308 g/mol. The highest BCUT2D eigenvalue weighted by Gasteiger charge is 2.17. The van der Waals surface area contributed by atoms with E-state index in [1.54, 1.807) is 6.08 Å². The Morgan fingerprint density at radius 2 is 1.74 bits per heavy atom. The van der Waals surface area contributed by atoms with Gasteiger partial charge in [0.1, 0.15) is 0 Å². The Morgan fingerprint density at radius 1 is 1.04 bits per heavy atom. The molecule has 2 aromatic rings. The van der Waals surface area contributed by atoms with Crippen LogP contribution < -0.4 is 0 Å². The van der Waals surface area contributed by atoms with Crippen molar-refractivity contribution in [3.05, 3.63) is 64.2 Å². The molecule has 0 spiro atoms. The maximum Gasteiger partial charge on any atom is 0.335 e. The molecule has 2 N–H and O–H groups in total. The quantitative estimate of drug-likeness (QED) is 0.670. The van der Waals surface area contributed by atoms with Crippen LogP contribution in [0, 0.1) is 0 Å². The third kappa shape index (κ3) is 2.75. The first-order valence-electron chi connectivity index (χ1n) is 7.37. The van der Waals surface area contributed by atoms with Crippen LogP contribution in [0.25, 0.3) is 16.8 Å². The number of aryl methyl sites for hydroxylation is 2. The van der Waals surface area contributed by atoms with Crippen LogP contribution in [0.4, 0.5) is 0 Å². The average molecular weight is 308 g/mol. The molecule has 0 amide bonds. The molecule has 2 aromatic carbocycles. The zero-order valence-corrected chi connectivity index (χ0v) is 12.7. The van der Waals surface area contributed by atoms with Gasteiger partial charge in [0.05, 0.1) is 5.57 Å². The number of carboxylic acid groups (broad SMARTS) is 2. The molecule has 0 saturated heterocycles. The van der Waals surface area contributed by atoms with Crippen molar-refractivity contribution in [3.63, 3.8) is 0 Å². The molecule has 4 heteroatoms. The zero-order valence-electron chi connectivity index (χ0n) is 12.7. The van der Waals surface area contributed by atoms with Gasteiger partial charge < -0.3 is 10.2 Å². The van der Waals surface area contributed by atoms with E-state index in [0.717, 1.165) is 29.9 Å². The lowest BCUT2D eigenvalue weighted by atomic mass is 9.97. The number of carboxylic acids is 2. The molecule has 116 valence electrons. The van der Waals surface area contributed by atoms with E-state index < -0.39 is 11.9 Å². The molecule has 3 rings (SSSR count). The van der Waals surface area contributed by atoms with E-state index in [4.69, 9.17) is 5.11 Å². The van der Waals surface area contributed by atoms with Crippen molar-refractivity contribution in [2.45, 2.75) is 19.8 Å². The number of benzene rings is 2. The first-order chi connectivity index (χ1) is 11.0. The second kappa shape index (κ2) is 5.72. The maximum atomic E-state index is 11.5. The fourth-order valence-electron chi connectivity index (χ4n) is 3.16. The third-order valence-corrected chi connectivity index (χ3v) is 4.21. The Hall–Kier alpha value is -2.88. The minimum absolute atomic E-state index is 0.00824. The molecule has 0 saturated carbocycles. The zero-order chi connectivity index (χ0) is 16.6. The number of aliphatic carboxylic acids is 2. The van der Waals surface area contributed by atoms with Crippen molar-refractivity contribution >= 4 is 28.8 Å². The molecule has 23 heavy (non-hydrogen) atoms. The van der Waals surface area contributed by atoms with Gasteiger partial charge in [0, 0.05) is 6.08 Å². The van der Waals surface area contributed by atoms with Crippen molar-refractivity contribution in [2.24, 2.45) is 0 Å². The van der Waals surface area contributed by atoms with Gasteiger partial charge in [-0.1, -0.05) is 30.3 Å². The van der Waals surface area contributed by atoms with Gasteiger partial charge in [-0.3, -0.25) is 0 Å². The smallest absolute Gasteiger partial charge is 0.335 e. The topological polar surface area (TPSA) is 74.6 Å². The highest BCUT2D eigenvalue weighted by molar-refractivity contribution is 6.03. The van der Waals surface area contributed by atoms with Crippen molar-refractivity contribution in [2.75, 3.05) is 0 Å². The fraction of sp³-hybridized carbons (Fsp3) is 0.158. The lowest BCUT2D eigenvalue weighted by Crippen LogP contribution is -2.04. The van der Waals surface area contributed by atoms with Crippen LogP contribution in [0.2, 0.25) is 0 Å². The van der Waals surface area contributed by atoms with Crippen molar-refractivity contribution < 1.29 is 19.8 Å². The summed E-state index contributed by atoms with van der Waals surface area (Å²) < 4.78 is 0. The van der Waals surface area contributed by atoms with Gasteiger partial charge in [0.2, 0.25) is 0 Å². The molecule has 4 nitrogen and oxygen atoms in total. The van der Waals surface area contributed by atoms with Crippen LogP contribution in [-0.2, 0) is 22.4 Å². The van der Waals surface area contributed by atoms with Crippen LogP contribution in [0.1, 0.15) is 23.6 Å². The number of hydrogen-bond donors (Lipinski definition) is 2. The first-order valence-corrected chi connectivity index (χ1v) is 7.37. The summed E-state index contributed by atoms with van der Waals surface area (Å²) in [5.74, 6) is -2.29. The van der Waals surface area contributed by atoms with E-state index in [1.807, 2.05) is 24.3 Å². The normalized spacial score (nSPS) is 14.3. The first kappa shape index (κ1) is 15.0. The molecule has 0 aromatic heterocycles. The molecule has 0 unspecified atom stereocenters. The van der Waals surface area contributed by atoms with Crippen LogP contribution >= 0.6 is 0 Å². The highest BCUT2D eigenvalue weighted by atomic mass is 16.4. The maximum absolute atomic E-state index is 11.5. The van der Waals surface area contributed by atoms with E-state index >= 15 is 0 Å². The predicted molar refractivity (Wildman–Crippen MR) is 88.4 cm³/mol. The molecule has 1 aliphatic rings. The Bertz CT molecular complexity index is 877. The van der Waals surface area contributed by atoms with Crippen molar-refractivity contribution in [1.82, 2.24) is 0 Å². The minimum Gasteiger partial charge on any atom is -0.478 e.